The first-order valence-electron chi connectivity index (χ1n) is 5.15. The highest BCUT2D eigenvalue weighted by molar-refractivity contribution is 5.37. The lowest BCUT2D eigenvalue weighted by Gasteiger charge is -2.27. The molecule has 0 amide bonds. The Labute approximate surface area is 90.1 Å². The highest BCUT2D eigenvalue weighted by Crippen LogP contribution is 2.36. The topological polar surface area (TPSA) is 41.5 Å². The quantitative estimate of drug-likeness (QED) is 0.739. The van der Waals surface area contributed by atoms with Crippen LogP contribution in [0.25, 0.3) is 0 Å². The minimum atomic E-state index is -0.588. The number of aromatic hydroxyl groups is 1. The van der Waals surface area contributed by atoms with E-state index in [0.29, 0.717) is 6.61 Å². The predicted octanol–water partition coefficient (Wildman–Crippen LogP) is 1.96. The second kappa shape index (κ2) is 3.22. The number of phenolic OH excluding ortho intramolecular Hbond substituents is 1. The molecule has 0 spiro atoms. The van der Waals surface area contributed by atoms with E-state index >= 15 is 0 Å². The van der Waals surface area contributed by atoms with Crippen LogP contribution in [0.3, 0.4) is 0 Å². The highest BCUT2D eigenvalue weighted by Gasteiger charge is 2.42. The number of ether oxygens (including phenoxy) is 1. The van der Waals surface area contributed by atoms with Crippen LogP contribution < -0.4 is 5.32 Å². The number of phenols is 1. The number of para-hydroxylation sites is 1. The lowest BCUT2D eigenvalue weighted by molar-refractivity contribution is 0.000458. The molecule has 0 aliphatic carbocycles. The molecule has 0 saturated carbocycles. The smallest absolute Gasteiger partial charge is 0.146 e. The molecule has 0 aromatic heterocycles. The average molecular weight is 207 g/mol. The van der Waals surface area contributed by atoms with Gasteiger partial charge in [0.2, 0.25) is 0 Å². The molecule has 1 unspecified atom stereocenters. The van der Waals surface area contributed by atoms with E-state index < -0.39 is 5.72 Å². The summed E-state index contributed by atoms with van der Waals surface area (Å²) in [6.07, 6.45) is 0. The molecule has 1 aromatic carbocycles. The summed E-state index contributed by atoms with van der Waals surface area (Å²) in [4.78, 5) is 0. The van der Waals surface area contributed by atoms with Gasteiger partial charge >= 0.3 is 0 Å². The van der Waals surface area contributed by atoms with Crippen molar-refractivity contribution in [3.05, 3.63) is 29.8 Å². The summed E-state index contributed by atoms with van der Waals surface area (Å²) in [5.74, 6) is 0.269. The minimum absolute atomic E-state index is 0.0585. The Bertz CT molecular complexity index is 376. The molecule has 3 nitrogen and oxygen atoms in total. The molecule has 2 N–H and O–H groups in total. The molecule has 3 heteroatoms. The van der Waals surface area contributed by atoms with Crippen molar-refractivity contribution < 1.29 is 9.84 Å². The fourth-order valence-electron chi connectivity index (χ4n) is 2.06. The van der Waals surface area contributed by atoms with Gasteiger partial charge in [-0.2, -0.15) is 0 Å². The van der Waals surface area contributed by atoms with Crippen LogP contribution in [0.1, 0.15) is 26.3 Å². The Morgan fingerprint density at radius 3 is 2.47 bits per heavy atom. The molecule has 1 atom stereocenters. The normalized spacial score (nSPS) is 29.3. The zero-order valence-corrected chi connectivity index (χ0v) is 9.37. The molecular formula is C12H17NO2. The summed E-state index contributed by atoms with van der Waals surface area (Å²) in [5.41, 5.74) is 0.141. The predicted molar refractivity (Wildman–Crippen MR) is 58.6 cm³/mol. The van der Waals surface area contributed by atoms with Gasteiger partial charge in [0.1, 0.15) is 11.5 Å². The van der Waals surface area contributed by atoms with E-state index in [2.05, 4.69) is 19.2 Å². The van der Waals surface area contributed by atoms with E-state index in [1.165, 1.54) is 0 Å². The van der Waals surface area contributed by atoms with Crippen LogP contribution in [0.2, 0.25) is 0 Å². The first-order chi connectivity index (χ1) is 6.93. The largest absolute Gasteiger partial charge is 0.508 e. The van der Waals surface area contributed by atoms with Crippen molar-refractivity contribution in [1.29, 1.82) is 0 Å². The fourth-order valence-corrected chi connectivity index (χ4v) is 2.06. The van der Waals surface area contributed by atoms with Gasteiger partial charge in [-0.25, -0.2) is 0 Å². The lowest BCUT2D eigenvalue weighted by atomic mass is 10.0. The summed E-state index contributed by atoms with van der Waals surface area (Å²) in [6, 6.07) is 7.26. The van der Waals surface area contributed by atoms with E-state index in [-0.39, 0.29) is 11.3 Å². The van der Waals surface area contributed by atoms with Gasteiger partial charge < -0.3 is 9.84 Å². The van der Waals surface area contributed by atoms with Crippen LogP contribution in [0, 0.1) is 0 Å². The fraction of sp³-hybridized carbons (Fsp3) is 0.500. The minimum Gasteiger partial charge on any atom is -0.508 e. The van der Waals surface area contributed by atoms with Gasteiger partial charge in [-0.15, -0.1) is 0 Å². The van der Waals surface area contributed by atoms with E-state index in [0.717, 1.165) is 5.56 Å². The van der Waals surface area contributed by atoms with Crippen LogP contribution in [0.4, 0.5) is 0 Å². The van der Waals surface area contributed by atoms with Crippen molar-refractivity contribution in [3.63, 3.8) is 0 Å². The van der Waals surface area contributed by atoms with Crippen LogP contribution in [0.15, 0.2) is 24.3 Å². The Morgan fingerprint density at radius 2 is 1.93 bits per heavy atom. The van der Waals surface area contributed by atoms with Crippen LogP contribution in [0.5, 0.6) is 5.75 Å². The van der Waals surface area contributed by atoms with E-state index in [1.807, 2.05) is 25.1 Å². The zero-order valence-electron chi connectivity index (χ0n) is 9.37. The molecular weight excluding hydrogens is 190 g/mol. The summed E-state index contributed by atoms with van der Waals surface area (Å²) < 4.78 is 5.75. The first kappa shape index (κ1) is 10.5. The molecule has 15 heavy (non-hydrogen) atoms. The summed E-state index contributed by atoms with van der Waals surface area (Å²) in [7, 11) is 0. The molecule has 0 bridgehead atoms. The van der Waals surface area contributed by atoms with Crippen molar-refractivity contribution in [2.24, 2.45) is 0 Å². The maximum Gasteiger partial charge on any atom is 0.146 e. The molecule has 1 aliphatic rings. The van der Waals surface area contributed by atoms with Gasteiger partial charge in [0.05, 0.1) is 6.61 Å². The van der Waals surface area contributed by atoms with E-state index in [1.54, 1.807) is 6.07 Å². The Morgan fingerprint density at radius 1 is 1.27 bits per heavy atom. The van der Waals surface area contributed by atoms with Gasteiger partial charge in [-0.3, -0.25) is 5.32 Å². The highest BCUT2D eigenvalue weighted by atomic mass is 16.5. The number of hydrogen-bond acceptors (Lipinski definition) is 3. The molecule has 2 rings (SSSR count). The third kappa shape index (κ3) is 1.85. The maximum absolute atomic E-state index is 9.79. The van der Waals surface area contributed by atoms with E-state index in [4.69, 9.17) is 4.74 Å². The van der Waals surface area contributed by atoms with Gasteiger partial charge in [0, 0.05) is 11.1 Å². The Balaban J connectivity index is 2.36. The van der Waals surface area contributed by atoms with Crippen LogP contribution in [-0.2, 0) is 10.5 Å². The summed E-state index contributed by atoms with van der Waals surface area (Å²) in [5, 5.41) is 13.2. The summed E-state index contributed by atoms with van der Waals surface area (Å²) in [6.45, 7) is 6.74. The number of nitrogens with one attached hydrogen (secondary N) is 1. The lowest BCUT2D eigenvalue weighted by Crippen LogP contribution is -2.44. The molecule has 1 aromatic rings. The summed E-state index contributed by atoms with van der Waals surface area (Å²) >= 11 is 0. The maximum atomic E-state index is 9.79. The second-order valence-electron chi connectivity index (χ2n) is 4.85. The molecule has 1 heterocycles. The van der Waals surface area contributed by atoms with Gasteiger partial charge in [0.15, 0.2) is 0 Å². The number of benzene rings is 1. The average Bonchev–Trinajstić information content (AvgIpc) is 2.42. The molecule has 1 fully saturated rings. The second-order valence-corrected chi connectivity index (χ2v) is 4.85. The third-order valence-electron chi connectivity index (χ3n) is 2.72. The van der Waals surface area contributed by atoms with Crippen molar-refractivity contribution in [3.8, 4) is 5.75 Å². The van der Waals surface area contributed by atoms with Crippen molar-refractivity contribution in [1.82, 2.24) is 5.32 Å². The van der Waals surface area contributed by atoms with Gasteiger partial charge in [0.25, 0.3) is 0 Å². The van der Waals surface area contributed by atoms with Crippen LogP contribution in [-0.4, -0.2) is 17.3 Å². The van der Waals surface area contributed by atoms with Gasteiger partial charge in [-0.05, 0) is 26.8 Å². The Kier molecular flexibility index (Phi) is 2.24. The SMILES string of the molecule is CC1(C)COC(C)(c2ccccc2O)N1. The van der Waals surface area contributed by atoms with Crippen molar-refractivity contribution in [2.45, 2.75) is 32.0 Å². The standard InChI is InChI=1S/C12H17NO2/c1-11(2)8-15-12(3,13-11)9-6-4-5-7-10(9)14/h4-7,13-14H,8H2,1-3H3. The molecule has 1 saturated heterocycles. The number of hydrogen-bond donors (Lipinski definition) is 2. The monoisotopic (exact) mass is 207 g/mol. The molecule has 1 aliphatic heterocycles. The van der Waals surface area contributed by atoms with Crippen molar-refractivity contribution >= 4 is 0 Å². The Hall–Kier alpha value is -1.06. The molecule has 82 valence electrons. The third-order valence-corrected chi connectivity index (χ3v) is 2.72. The van der Waals surface area contributed by atoms with Gasteiger partial charge in [-0.1, -0.05) is 18.2 Å². The first-order valence-corrected chi connectivity index (χ1v) is 5.15. The number of rotatable bonds is 1. The zero-order chi connectivity index (χ0) is 11.1. The molecule has 0 radical (unpaired) electrons. The van der Waals surface area contributed by atoms with Crippen molar-refractivity contribution in [2.75, 3.05) is 6.61 Å². The van der Waals surface area contributed by atoms with Crippen LogP contribution >= 0.6 is 0 Å². The van der Waals surface area contributed by atoms with E-state index in [9.17, 15) is 5.11 Å².